The van der Waals surface area contributed by atoms with E-state index in [1.165, 1.54) is 5.56 Å². The lowest BCUT2D eigenvalue weighted by molar-refractivity contribution is -0.0364. The minimum Gasteiger partial charge on any atom is -0.497 e. The van der Waals surface area contributed by atoms with Crippen LogP contribution in [-0.4, -0.2) is 45.4 Å². The Balaban J connectivity index is 1.43. The van der Waals surface area contributed by atoms with Gasteiger partial charge in [-0.05, 0) is 49.9 Å². The first-order valence-electron chi connectivity index (χ1n) is 9.91. The van der Waals surface area contributed by atoms with Crippen LogP contribution in [0.25, 0.3) is 10.2 Å². The van der Waals surface area contributed by atoms with Crippen molar-refractivity contribution in [1.29, 1.82) is 0 Å². The van der Waals surface area contributed by atoms with E-state index in [2.05, 4.69) is 22.0 Å². The number of nitrogens with zero attached hydrogens (tertiary/aromatic N) is 3. The highest BCUT2D eigenvalue weighted by molar-refractivity contribution is 7.18. The van der Waals surface area contributed by atoms with Gasteiger partial charge in [-0.15, -0.1) is 11.3 Å². The van der Waals surface area contributed by atoms with Gasteiger partial charge in [-0.3, -0.25) is 14.3 Å². The fourth-order valence-corrected chi connectivity index (χ4v) is 4.96. The summed E-state index contributed by atoms with van der Waals surface area (Å²) in [5.41, 5.74) is 1.30. The number of hydrogen-bond donors (Lipinski definition) is 1. The number of aromatic nitrogens is 2. The standard InChI is InChI=1S/C22H27N3O3S/c1-15-16(2)29-20-19(15)21(26)25(14-23-20)13-22(27)8-10-24(11-9-22)12-17-4-6-18(28-3)7-5-17/h4-7,14,27H,8-13H2,1-3H3. The van der Waals surface area contributed by atoms with E-state index in [9.17, 15) is 9.90 Å². The zero-order chi connectivity index (χ0) is 20.6. The largest absolute Gasteiger partial charge is 0.497 e. The summed E-state index contributed by atoms with van der Waals surface area (Å²) < 4.78 is 6.79. The van der Waals surface area contributed by atoms with Gasteiger partial charge >= 0.3 is 0 Å². The van der Waals surface area contributed by atoms with Crippen LogP contribution in [0.3, 0.4) is 0 Å². The molecule has 1 fully saturated rings. The van der Waals surface area contributed by atoms with Crippen molar-refractivity contribution in [1.82, 2.24) is 14.5 Å². The topological polar surface area (TPSA) is 67.6 Å². The molecule has 1 N–H and O–H groups in total. The molecule has 0 atom stereocenters. The average Bonchev–Trinajstić information content (AvgIpc) is 3.01. The van der Waals surface area contributed by atoms with E-state index in [1.807, 2.05) is 26.0 Å². The molecule has 6 nitrogen and oxygen atoms in total. The number of hydrogen-bond acceptors (Lipinski definition) is 6. The third kappa shape index (κ3) is 4.08. The third-order valence-corrected chi connectivity index (χ3v) is 7.09. The molecule has 0 aliphatic carbocycles. The Bertz CT molecular complexity index is 1060. The first kappa shape index (κ1) is 20.1. The summed E-state index contributed by atoms with van der Waals surface area (Å²) in [7, 11) is 1.67. The molecule has 0 bridgehead atoms. The molecule has 0 saturated carbocycles. The van der Waals surface area contributed by atoms with Crippen LogP contribution in [0, 0.1) is 13.8 Å². The van der Waals surface area contributed by atoms with Gasteiger partial charge in [0.1, 0.15) is 10.6 Å². The molecule has 1 aliphatic rings. The van der Waals surface area contributed by atoms with E-state index in [0.717, 1.165) is 40.7 Å². The zero-order valence-corrected chi connectivity index (χ0v) is 18.0. The number of benzene rings is 1. The SMILES string of the molecule is COc1ccc(CN2CCC(O)(Cn3cnc4sc(C)c(C)c4c3=O)CC2)cc1. The highest BCUT2D eigenvalue weighted by Gasteiger charge is 2.33. The van der Waals surface area contributed by atoms with Gasteiger partial charge in [0.15, 0.2) is 0 Å². The molecule has 0 unspecified atom stereocenters. The molecule has 29 heavy (non-hydrogen) atoms. The lowest BCUT2D eigenvalue weighted by Crippen LogP contribution is -2.47. The molecular weight excluding hydrogens is 386 g/mol. The minimum atomic E-state index is -0.880. The highest BCUT2D eigenvalue weighted by atomic mass is 32.1. The Morgan fingerprint density at radius 1 is 1.21 bits per heavy atom. The summed E-state index contributed by atoms with van der Waals surface area (Å²) >= 11 is 1.55. The van der Waals surface area contributed by atoms with E-state index in [-0.39, 0.29) is 5.56 Å². The molecule has 2 aromatic heterocycles. The van der Waals surface area contributed by atoms with Crippen molar-refractivity contribution in [3.05, 3.63) is 57.0 Å². The predicted molar refractivity (Wildman–Crippen MR) is 116 cm³/mol. The molecule has 1 aliphatic heterocycles. The Labute approximate surface area is 174 Å². The van der Waals surface area contributed by atoms with Gasteiger partial charge in [0.25, 0.3) is 5.56 Å². The number of aliphatic hydroxyl groups is 1. The minimum absolute atomic E-state index is 0.0501. The molecule has 7 heteroatoms. The van der Waals surface area contributed by atoms with Crippen LogP contribution in [0.2, 0.25) is 0 Å². The second-order valence-electron chi connectivity index (χ2n) is 7.99. The maximum Gasteiger partial charge on any atom is 0.262 e. The molecule has 154 valence electrons. The van der Waals surface area contributed by atoms with Crippen molar-refractivity contribution in [2.24, 2.45) is 0 Å². The van der Waals surface area contributed by atoms with E-state index in [4.69, 9.17) is 4.74 Å². The number of thiophene rings is 1. The molecule has 0 spiro atoms. The number of fused-ring (bicyclic) bond motifs is 1. The zero-order valence-electron chi connectivity index (χ0n) is 17.1. The van der Waals surface area contributed by atoms with Crippen molar-refractivity contribution < 1.29 is 9.84 Å². The lowest BCUT2D eigenvalue weighted by Gasteiger charge is -2.38. The van der Waals surface area contributed by atoms with Gasteiger partial charge in [-0.1, -0.05) is 12.1 Å². The van der Waals surface area contributed by atoms with Gasteiger partial charge in [-0.2, -0.15) is 0 Å². The van der Waals surface area contributed by atoms with Crippen molar-refractivity contribution in [2.45, 2.75) is 45.4 Å². The summed E-state index contributed by atoms with van der Waals surface area (Å²) in [6, 6.07) is 8.09. The Morgan fingerprint density at radius 3 is 2.55 bits per heavy atom. The van der Waals surface area contributed by atoms with Crippen LogP contribution >= 0.6 is 11.3 Å². The van der Waals surface area contributed by atoms with Gasteiger partial charge in [0, 0.05) is 24.5 Å². The quantitative estimate of drug-likeness (QED) is 0.696. The van der Waals surface area contributed by atoms with Gasteiger partial charge in [-0.25, -0.2) is 4.98 Å². The molecule has 0 amide bonds. The van der Waals surface area contributed by atoms with Crippen LogP contribution in [0.15, 0.2) is 35.4 Å². The summed E-state index contributed by atoms with van der Waals surface area (Å²) in [6.45, 7) is 6.71. The Morgan fingerprint density at radius 2 is 1.90 bits per heavy atom. The second kappa shape index (κ2) is 7.89. The summed E-state index contributed by atoms with van der Waals surface area (Å²) in [5.74, 6) is 0.855. The fraction of sp³-hybridized carbons (Fsp3) is 0.455. The number of aryl methyl sites for hydroxylation is 2. The molecule has 3 heterocycles. The highest BCUT2D eigenvalue weighted by Crippen LogP contribution is 2.28. The van der Waals surface area contributed by atoms with E-state index >= 15 is 0 Å². The third-order valence-electron chi connectivity index (χ3n) is 5.97. The number of rotatable bonds is 5. The number of ether oxygens (including phenoxy) is 1. The first-order chi connectivity index (χ1) is 13.9. The lowest BCUT2D eigenvalue weighted by atomic mass is 9.91. The van der Waals surface area contributed by atoms with Crippen LogP contribution in [-0.2, 0) is 13.1 Å². The number of likely N-dealkylation sites (tertiary alicyclic amines) is 1. The summed E-state index contributed by atoms with van der Waals surface area (Å²) in [4.78, 5) is 21.6. The first-order valence-corrected chi connectivity index (χ1v) is 10.7. The molecular formula is C22H27N3O3S. The molecule has 3 aromatic rings. The summed E-state index contributed by atoms with van der Waals surface area (Å²) in [5, 5.41) is 11.8. The summed E-state index contributed by atoms with van der Waals surface area (Å²) in [6.07, 6.45) is 2.85. The van der Waals surface area contributed by atoms with Crippen LogP contribution in [0.5, 0.6) is 5.75 Å². The monoisotopic (exact) mass is 413 g/mol. The average molecular weight is 414 g/mol. The maximum absolute atomic E-state index is 12.9. The number of methoxy groups -OCH3 is 1. The molecule has 4 rings (SSSR count). The van der Waals surface area contributed by atoms with Gasteiger partial charge in [0.2, 0.25) is 0 Å². The van der Waals surface area contributed by atoms with Crippen LogP contribution in [0.4, 0.5) is 0 Å². The van der Waals surface area contributed by atoms with Crippen LogP contribution in [0.1, 0.15) is 28.8 Å². The van der Waals surface area contributed by atoms with Crippen molar-refractivity contribution in [3.8, 4) is 5.75 Å². The van der Waals surface area contributed by atoms with Crippen molar-refractivity contribution >= 4 is 21.6 Å². The molecule has 1 aromatic carbocycles. The van der Waals surface area contributed by atoms with E-state index in [1.54, 1.807) is 29.3 Å². The Kier molecular flexibility index (Phi) is 5.46. The Hall–Kier alpha value is -2.22. The second-order valence-corrected chi connectivity index (χ2v) is 9.19. The molecule has 0 radical (unpaired) electrons. The van der Waals surface area contributed by atoms with Gasteiger partial charge < -0.3 is 9.84 Å². The molecule has 1 saturated heterocycles. The normalized spacial score (nSPS) is 17.0. The van der Waals surface area contributed by atoms with Crippen LogP contribution < -0.4 is 10.3 Å². The van der Waals surface area contributed by atoms with Crippen molar-refractivity contribution in [2.75, 3.05) is 20.2 Å². The smallest absolute Gasteiger partial charge is 0.262 e. The van der Waals surface area contributed by atoms with E-state index < -0.39 is 5.60 Å². The maximum atomic E-state index is 12.9. The predicted octanol–water partition coefficient (Wildman–Crippen LogP) is 3.11. The van der Waals surface area contributed by atoms with Crippen molar-refractivity contribution in [3.63, 3.8) is 0 Å². The van der Waals surface area contributed by atoms with Gasteiger partial charge in [0.05, 0.1) is 31.0 Å². The fourth-order valence-electron chi connectivity index (χ4n) is 3.97. The number of piperidine rings is 1. The van der Waals surface area contributed by atoms with E-state index in [0.29, 0.717) is 24.8 Å².